The fourth-order valence-corrected chi connectivity index (χ4v) is 4.63. The lowest BCUT2D eigenvalue weighted by Gasteiger charge is -2.30. The third kappa shape index (κ3) is 3.78. The summed E-state index contributed by atoms with van der Waals surface area (Å²) in [5, 5.41) is 2.03. The van der Waals surface area contributed by atoms with Gasteiger partial charge in [0.1, 0.15) is 0 Å². The van der Waals surface area contributed by atoms with Crippen LogP contribution in [0, 0.1) is 0 Å². The second-order valence-corrected chi connectivity index (χ2v) is 6.38. The molecule has 0 nitrogen and oxygen atoms in total. The molecule has 0 saturated carbocycles. The first-order valence-corrected chi connectivity index (χ1v) is 8.94. The van der Waals surface area contributed by atoms with Crippen molar-refractivity contribution < 1.29 is 0 Å². The number of rotatable bonds is 7. The van der Waals surface area contributed by atoms with Crippen LogP contribution in [0.15, 0.2) is 30.3 Å². The van der Waals surface area contributed by atoms with Gasteiger partial charge in [-0.2, -0.15) is 11.8 Å². The quantitative estimate of drug-likeness (QED) is 0.491. The van der Waals surface area contributed by atoms with E-state index in [1.54, 1.807) is 0 Å². The van der Waals surface area contributed by atoms with E-state index in [-0.39, 0.29) is 5.41 Å². The SMILES string of the molecule is CCSCCC(CBr)(CBr)c1ccccc1. The van der Waals surface area contributed by atoms with E-state index >= 15 is 0 Å². The Balaban J connectivity index is 2.79. The van der Waals surface area contributed by atoms with Gasteiger partial charge in [-0.3, -0.25) is 0 Å². The molecule has 0 N–H and O–H groups in total. The number of hydrogen-bond acceptors (Lipinski definition) is 1. The smallest absolute Gasteiger partial charge is 0.0154 e. The summed E-state index contributed by atoms with van der Waals surface area (Å²) in [7, 11) is 0. The summed E-state index contributed by atoms with van der Waals surface area (Å²) in [6, 6.07) is 10.8. The molecule has 90 valence electrons. The van der Waals surface area contributed by atoms with Crippen LogP contribution in [0.5, 0.6) is 0 Å². The Kier molecular flexibility index (Phi) is 7.09. The van der Waals surface area contributed by atoms with Gasteiger partial charge in [-0.05, 0) is 23.5 Å². The molecule has 1 rings (SSSR count). The highest BCUT2D eigenvalue weighted by Crippen LogP contribution is 2.33. The van der Waals surface area contributed by atoms with Gasteiger partial charge in [0.2, 0.25) is 0 Å². The van der Waals surface area contributed by atoms with Crippen LogP contribution in [-0.2, 0) is 5.41 Å². The number of hydrogen-bond donors (Lipinski definition) is 0. The molecule has 0 unspecified atom stereocenters. The fourth-order valence-electron chi connectivity index (χ4n) is 1.67. The Morgan fingerprint density at radius 1 is 1.12 bits per heavy atom. The van der Waals surface area contributed by atoms with E-state index in [0.29, 0.717) is 0 Å². The summed E-state index contributed by atoms with van der Waals surface area (Å²) in [5.74, 6) is 2.43. The molecule has 0 aromatic heterocycles. The minimum atomic E-state index is 0.240. The number of benzene rings is 1. The highest BCUT2D eigenvalue weighted by Gasteiger charge is 2.29. The van der Waals surface area contributed by atoms with Crippen molar-refractivity contribution in [1.29, 1.82) is 0 Å². The van der Waals surface area contributed by atoms with Gasteiger partial charge in [0, 0.05) is 16.1 Å². The lowest BCUT2D eigenvalue weighted by molar-refractivity contribution is 0.539. The summed E-state index contributed by atoms with van der Waals surface area (Å²) >= 11 is 9.38. The third-order valence-corrected chi connectivity index (χ3v) is 5.87. The van der Waals surface area contributed by atoms with Crippen molar-refractivity contribution in [3.05, 3.63) is 35.9 Å². The predicted octanol–water partition coefficient (Wildman–Crippen LogP) is 4.86. The zero-order valence-corrected chi connectivity index (χ0v) is 13.6. The molecule has 0 fully saturated rings. The van der Waals surface area contributed by atoms with Crippen molar-refractivity contribution in [2.45, 2.75) is 18.8 Å². The normalized spacial score (nSPS) is 11.7. The van der Waals surface area contributed by atoms with Gasteiger partial charge in [0.15, 0.2) is 0 Å². The molecule has 0 spiro atoms. The van der Waals surface area contributed by atoms with Crippen LogP contribution in [0.1, 0.15) is 18.9 Å². The van der Waals surface area contributed by atoms with Gasteiger partial charge in [0.05, 0.1) is 0 Å². The van der Waals surface area contributed by atoms with Gasteiger partial charge >= 0.3 is 0 Å². The number of thioether (sulfide) groups is 1. The van der Waals surface area contributed by atoms with E-state index < -0.39 is 0 Å². The van der Waals surface area contributed by atoms with Crippen molar-refractivity contribution in [2.24, 2.45) is 0 Å². The molecule has 0 atom stereocenters. The summed E-state index contributed by atoms with van der Waals surface area (Å²) < 4.78 is 0. The predicted molar refractivity (Wildman–Crippen MR) is 83.3 cm³/mol. The molecule has 0 radical (unpaired) electrons. The molecule has 1 aromatic rings. The Morgan fingerprint density at radius 2 is 1.75 bits per heavy atom. The average Bonchev–Trinajstić information content (AvgIpc) is 2.36. The zero-order chi connectivity index (χ0) is 11.9. The van der Waals surface area contributed by atoms with Gasteiger partial charge in [-0.15, -0.1) is 0 Å². The molecule has 1 aromatic carbocycles. The highest BCUT2D eigenvalue weighted by molar-refractivity contribution is 9.09. The molecule has 16 heavy (non-hydrogen) atoms. The summed E-state index contributed by atoms with van der Waals surface area (Å²) in [6.07, 6.45) is 1.21. The summed E-state index contributed by atoms with van der Waals surface area (Å²) in [5.41, 5.74) is 1.67. The molecule has 3 heteroatoms. The van der Waals surface area contributed by atoms with Gasteiger partial charge in [-0.25, -0.2) is 0 Å². The zero-order valence-electron chi connectivity index (χ0n) is 9.59. The maximum Gasteiger partial charge on any atom is 0.0154 e. The van der Waals surface area contributed by atoms with Crippen molar-refractivity contribution in [3.63, 3.8) is 0 Å². The van der Waals surface area contributed by atoms with Crippen molar-refractivity contribution in [3.8, 4) is 0 Å². The highest BCUT2D eigenvalue weighted by atomic mass is 79.9. The Morgan fingerprint density at radius 3 is 2.25 bits per heavy atom. The second-order valence-electron chi connectivity index (χ2n) is 3.86. The summed E-state index contributed by atoms with van der Waals surface area (Å²) in [4.78, 5) is 0. The Bertz CT molecular complexity index is 283. The molecular weight excluding hydrogens is 348 g/mol. The number of halogens is 2. The van der Waals surface area contributed by atoms with E-state index in [1.165, 1.54) is 23.5 Å². The van der Waals surface area contributed by atoms with E-state index in [4.69, 9.17) is 0 Å². The Hall–Kier alpha value is 0.530. The van der Waals surface area contributed by atoms with Gasteiger partial charge < -0.3 is 0 Å². The van der Waals surface area contributed by atoms with Crippen LogP contribution >= 0.6 is 43.6 Å². The van der Waals surface area contributed by atoms with Crippen LogP contribution in [-0.4, -0.2) is 22.2 Å². The van der Waals surface area contributed by atoms with E-state index in [1.807, 2.05) is 11.8 Å². The Labute approximate surface area is 120 Å². The maximum atomic E-state index is 3.68. The molecule has 0 aliphatic heterocycles. The minimum Gasteiger partial charge on any atom is -0.162 e. The first kappa shape index (κ1) is 14.6. The first-order valence-electron chi connectivity index (χ1n) is 5.54. The third-order valence-electron chi connectivity index (χ3n) is 2.83. The molecule has 0 aliphatic carbocycles. The van der Waals surface area contributed by atoms with Crippen LogP contribution in [0.2, 0.25) is 0 Å². The van der Waals surface area contributed by atoms with E-state index in [0.717, 1.165) is 10.7 Å². The second kappa shape index (κ2) is 7.78. The molecule has 0 amide bonds. The average molecular weight is 366 g/mol. The largest absolute Gasteiger partial charge is 0.162 e. The first-order chi connectivity index (χ1) is 7.79. The van der Waals surface area contributed by atoms with Crippen LogP contribution in [0.3, 0.4) is 0 Å². The van der Waals surface area contributed by atoms with Crippen LogP contribution in [0.4, 0.5) is 0 Å². The van der Waals surface area contributed by atoms with Crippen molar-refractivity contribution >= 4 is 43.6 Å². The van der Waals surface area contributed by atoms with Crippen LogP contribution in [0.25, 0.3) is 0 Å². The lowest BCUT2D eigenvalue weighted by Crippen LogP contribution is -2.31. The van der Waals surface area contributed by atoms with E-state index in [2.05, 4.69) is 69.1 Å². The topological polar surface area (TPSA) is 0 Å². The molecule has 0 aliphatic rings. The molecule has 0 bridgehead atoms. The van der Waals surface area contributed by atoms with E-state index in [9.17, 15) is 0 Å². The maximum absolute atomic E-state index is 3.68. The van der Waals surface area contributed by atoms with Crippen LogP contribution < -0.4 is 0 Å². The van der Waals surface area contributed by atoms with Crippen molar-refractivity contribution in [1.82, 2.24) is 0 Å². The van der Waals surface area contributed by atoms with Gasteiger partial charge in [0.25, 0.3) is 0 Å². The number of alkyl halides is 2. The standard InChI is InChI=1S/C13H18Br2S/c1-2-16-9-8-13(10-14,11-15)12-6-4-3-5-7-12/h3-7H,2,8-11H2,1H3. The molecule has 0 saturated heterocycles. The van der Waals surface area contributed by atoms with Gasteiger partial charge in [-0.1, -0.05) is 69.1 Å². The monoisotopic (exact) mass is 364 g/mol. The molecule has 0 heterocycles. The minimum absolute atomic E-state index is 0.240. The lowest BCUT2D eigenvalue weighted by atomic mass is 9.82. The van der Waals surface area contributed by atoms with Crippen molar-refractivity contribution in [2.75, 3.05) is 22.2 Å². The summed E-state index contributed by atoms with van der Waals surface area (Å²) in [6.45, 7) is 2.22. The molecular formula is C13H18Br2S. The fraction of sp³-hybridized carbons (Fsp3) is 0.538.